The Morgan fingerprint density at radius 3 is 1.59 bits per heavy atom. The number of aromatic nitrogens is 5. The van der Waals surface area contributed by atoms with Crippen LogP contribution in [0.4, 0.5) is 0 Å². The van der Waals surface area contributed by atoms with Gasteiger partial charge in [0, 0.05) is 50.4 Å². The molecule has 11 aromatic rings. The highest BCUT2D eigenvalue weighted by molar-refractivity contribution is 6.18. The minimum absolute atomic E-state index is 0.637. The molecule has 3 aromatic heterocycles. The number of hydrogen-bond donors (Lipinski definition) is 0. The second-order valence-corrected chi connectivity index (χ2v) is 14.1. The minimum atomic E-state index is 0.637. The fourth-order valence-corrected chi connectivity index (χ4v) is 8.11. The molecule has 0 fully saturated rings. The smallest absolute Gasteiger partial charge is 0.164 e. The molecule has 5 heteroatoms. The molecule has 0 aliphatic carbocycles. The monoisotopic (exact) mass is 715 g/mol. The van der Waals surface area contributed by atoms with Crippen molar-refractivity contribution in [2.75, 3.05) is 0 Å². The Kier molecular flexibility index (Phi) is 7.42. The van der Waals surface area contributed by atoms with Crippen molar-refractivity contribution < 1.29 is 0 Å². The van der Waals surface area contributed by atoms with Crippen LogP contribution in [0.5, 0.6) is 0 Å². The zero-order valence-corrected chi connectivity index (χ0v) is 30.3. The first-order valence-corrected chi connectivity index (χ1v) is 18.9. The molecule has 0 aliphatic heterocycles. The number of hydrogen-bond acceptors (Lipinski definition) is 3. The van der Waals surface area contributed by atoms with Gasteiger partial charge in [0.05, 0.1) is 16.6 Å². The second kappa shape index (κ2) is 13.0. The highest BCUT2D eigenvalue weighted by Crippen LogP contribution is 2.38. The Labute approximate surface area is 323 Å². The van der Waals surface area contributed by atoms with Gasteiger partial charge in [-0.3, -0.25) is 0 Å². The molecule has 0 unspecified atom stereocenters. The van der Waals surface area contributed by atoms with Crippen molar-refractivity contribution in [3.8, 4) is 56.7 Å². The molecule has 0 radical (unpaired) electrons. The van der Waals surface area contributed by atoms with Crippen LogP contribution in [0.15, 0.2) is 200 Å². The van der Waals surface area contributed by atoms with Crippen LogP contribution in [0, 0.1) is 0 Å². The standard InChI is InChI=1S/C51H33N5/c1-4-14-34(15-5-1)49-52-50(35-16-6-2-7-17-35)54-51(53-49)39-20-12-18-36(30-39)37-19-13-23-41(31-37)56-47-25-11-10-24-42(47)45-33-44-38(32-48(45)56)26-27-46-43(44)28-29-55(46)40-21-8-3-9-22-40/h1-33H. The van der Waals surface area contributed by atoms with Gasteiger partial charge in [0.2, 0.25) is 0 Å². The van der Waals surface area contributed by atoms with Gasteiger partial charge in [-0.2, -0.15) is 0 Å². The number of benzene rings is 8. The molecular formula is C51H33N5. The van der Waals surface area contributed by atoms with Crippen LogP contribution in [-0.4, -0.2) is 24.1 Å². The predicted molar refractivity (Wildman–Crippen MR) is 230 cm³/mol. The van der Waals surface area contributed by atoms with Gasteiger partial charge < -0.3 is 9.13 Å². The normalized spacial score (nSPS) is 11.6. The highest BCUT2D eigenvalue weighted by atomic mass is 15.0. The van der Waals surface area contributed by atoms with Crippen LogP contribution >= 0.6 is 0 Å². The maximum Gasteiger partial charge on any atom is 0.164 e. The third-order valence-corrected chi connectivity index (χ3v) is 10.8. The molecule has 0 saturated carbocycles. The van der Waals surface area contributed by atoms with Crippen LogP contribution in [0.3, 0.4) is 0 Å². The summed E-state index contributed by atoms with van der Waals surface area (Å²) in [5.74, 6) is 1.93. The lowest BCUT2D eigenvalue weighted by molar-refractivity contribution is 1.07. The molecule has 0 spiro atoms. The van der Waals surface area contributed by atoms with Crippen LogP contribution in [0.25, 0.3) is 100 Å². The molecule has 0 atom stereocenters. The van der Waals surface area contributed by atoms with Crippen molar-refractivity contribution in [3.63, 3.8) is 0 Å². The summed E-state index contributed by atoms with van der Waals surface area (Å²) < 4.78 is 4.68. The van der Waals surface area contributed by atoms with Gasteiger partial charge in [0.1, 0.15) is 0 Å². The van der Waals surface area contributed by atoms with Gasteiger partial charge in [-0.25, -0.2) is 15.0 Å². The third kappa shape index (κ3) is 5.37. The summed E-state index contributed by atoms with van der Waals surface area (Å²) >= 11 is 0. The van der Waals surface area contributed by atoms with Crippen molar-refractivity contribution in [3.05, 3.63) is 200 Å². The van der Waals surface area contributed by atoms with E-state index in [1.807, 2.05) is 60.7 Å². The topological polar surface area (TPSA) is 48.5 Å². The Morgan fingerprint density at radius 2 is 0.857 bits per heavy atom. The van der Waals surface area contributed by atoms with E-state index in [0.29, 0.717) is 17.5 Å². The van der Waals surface area contributed by atoms with E-state index in [-0.39, 0.29) is 0 Å². The summed E-state index contributed by atoms with van der Waals surface area (Å²) in [7, 11) is 0. The first-order valence-electron chi connectivity index (χ1n) is 18.9. The van der Waals surface area contributed by atoms with Gasteiger partial charge in [-0.1, -0.05) is 133 Å². The Bertz CT molecular complexity index is 3180. The summed E-state index contributed by atoms with van der Waals surface area (Å²) in [4.78, 5) is 14.9. The molecule has 56 heavy (non-hydrogen) atoms. The van der Waals surface area contributed by atoms with E-state index in [1.165, 1.54) is 43.5 Å². The van der Waals surface area contributed by atoms with E-state index in [1.54, 1.807) is 0 Å². The molecule has 11 rings (SSSR count). The van der Waals surface area contributed by atoms with Gasteiger partial charge in [-0.05, 0) is 82.6 Å². The van der Waals surface area contributed by atoms with Crippen LogP contribution in [-0.2, 0) is 0 Å². The Hall–Kier alpha value is -7.63. The average Bonchev–Trinajstić information content (AvgIpc) is 3.86. The summed E-state index contributed by atoms with van der Waals surface area (Å²) in [5, 5.41) is 6.18. The molecule has 0 saturated heterocycles. The number of nitrogens with zero attached hydrogens (tertiary/aromatic N) is 5. The summed E-state index contributed by atoms with van der Waals surface area (Å²) in [6.07, 6.45) is 2.18. The molecule has 0 amide bonds. The van der Waals surface area contributed by atoms with E-state index in [9.17, 15) is 0 Å². The molecule has 5 nitrogen and oxygen atoms in total. The highest BCUT2D eigenvalue weighted by Gasteiger charge is 2.17. The predicted octanol–water partition coefficient (Wildman–Crippen LogP) is 12.7. The molecule has 262 valence electrons. The largest absolute Gasteiger partial charge is 0.317 e. The molecule has 0 aliphatic rings. The Balaban J connectivity index is 1.03. The molecule has 0 N–H and O–H groups in total. The van der Waals surface area contributed by atoms with Crippen molar-refractivity contribution in [2.45, 2.75) is 0 Å². The quantitative estimate of drug-likeness (QED) is 0.172. The fraction of sp³-hybridized carbons (Fsp3) is 0. The van der Waals surface area contributed by atoms with Crippen molar-refractivity contribution in [1.82, 2.24) is 24.1 Å². The Morgan fingerprint density at radius 1 is 0.304 bits per heavy atom. The van der Waals surface area contributed by atoms with Crippen LogP contribution < -0.4 is 0 Å². The first-order chi connectivity index (χ1) is 27.7. The summed E-state index contributed by atoms with van der Waals surface area (Å²) in [6.45, 7) is 0. The van der Waals surface area contributed by atoms with Crippen LogP contribution in [0.1, 0.15) is 0 Å². The average molecular weight is 716 g/mol. The van der Waals surface area contributed by atoms with Crippen molar-refractivity contribution >= 4 is 43.5 Å². The summed E-state index contributed by atoms with van der Waals surface area (Å²) in [6, 6.07) is 68.3. The lowest BCUT2D eigenvalue weighted by atomic mass is 10.0. The zero-order valence-electron chi connectivity index (χ0n) is 30.3. The van der Waals surface area contributed by atoms with Gasteiger partial charge in [0.25, 0.3) is 0 Å². The summed E-state index contributed by atoms with van der Waals surface area (Å²) in [5.41, 5.74) is 10.8. The molecule has 8 aromatic carbocycles. The maximum atomic E-state index is 4.99. The third-order valence-electron chi connectivity index (χ3n) is 10.8. The zero-order chi connectivity index (χ0) is 37.0. The SMILES string of the molecule is c1ccc(-c2nc(-c3ccccc3)nc(-c3cccc(-c4cccc(-n5c6ccccc6c6cc7c(ccc8c7ccn8-c7ccccc7)cc65)c4)c3)n2)cc1. The maximum absolute atomic E-state index is 4.99. The van der Waals surface area contributed by atoms with Gasteiger partial charge in [0.15, 0.2) is 17.5 Å². The van der Waals surface area contributed by atoms with Crippen molar-refractivity contribution in [1.29, 1.82) is 0 Å². The number of fused-ring (bicyclic) bond motifs is 6. The van der Waals surface area contributed by atoms with E-state index in [0.717, 1.165) is 39.2 Å². The van der Waals surface area contributed by atoms with E-state index in [4.69, 9.17) is 15.0 Å². The lowest BCUT2D eigenvalue weighted by Crippen LogP contribution is -2.00. The lowest BCUT2D eigenvalue weighted by Gasteiger charge is -2.12. The number of rotatable bonds is 6. The number of para-hydroxylation sites is 2. The van der Waals surface area contributed by atoms with Crippen LogP contribution in [0.2, 0.25) is 0 Å². The van der Waals surface area contributed by atoms with Crippen molar-refractivity contribution in [2.24, 2.45) is 0 Å². The fourth-order valence-electron chi connectivity index (χ4n) is 8.11. The molecule has 0 bridgehead atoms. The molecular weight excluding hydrogens is 683 g/mol. The second-order valence-electron chi connectivity index (χ2n) is 14.1. The minimum Gasteiger partial charge on any atom is -0.317 e. The van der Waals surface area contributed by atoms with Gasteiger partial charge >= 0.3 is 0 Å². The first kappa shape index (κ1) is 31.9. The van der Waals surface area contributed by atoms with E-state index in [2.05, 4.69) is 149 Å². The van der Waals surface area contributed by atoms with Gasteiger partial charge in [-0.15, -0.1) is 0 Å². The molecule has 3 heterocycles. The van der Waals surface area contributed by atoms with E-state index < -0.39 is 0 Å². The van der Waals surface area contributed by atoms with E-state index >= 15 is 0 Å².